The predicted molar refractivity (Wildman–Crippen MR) is 56.1 cm³/mol. The molecular formula is C9H10IO2. The van der Waals surface area contributed by atoms with Gasteiger partial charge in [-0.1, -0.05) is 6.07 Å². The fraction of sp³-hybridized carbons (Fsp3) is 0.222. The van der Waals surface area contributed by atoms with Gasteiger partial charge >= 0.3 is 0 Å². The molecule has 0 spiro atoms. The second kappa shape index (κ2) is 4.67. The topological polar surface area (TPSA) is 18.5 Å². The average Bonchev–Trinajstić information content (AvgIpc) is 2.07. The summed E-state index contributed by atoms with van der Waals surface area (Å²) in [6, 6.07) is 5.80. The molecule has 0 heterocycles. The maximum Gasteiger partial charge on any atom is 0.188 e. The highest BCUT2D eigenvalue weighted by Crippen LogP contribution is 2.21. The third-order valence-electron chi connectivity index (χ3n) is 1.33. The van der Waals surface area contributed by atoms with Gasteiger partial charge in [-0.2, -0.15) is 0 Å². The van der Waals surface area contributed by atoms with E-state index in [9.17, 15) is 0 Å². The van der Waals surface area contributed by atoms with Crippen LogP contribution in [0.1, 0.15) is 5.56 Å². The Bertz CT molecular complexity index is 261. The van der Waals surface area contributed by atoms with Crippen molar-refractivity contribution in [1.29, 1.82) is 0 Å². The fourth-order valence-corrected chi connectivity index (χ4v) is 1.27. The molecule has 0 unspecified atom stereocenters. The van der Waals surface area contributed by atoms with Crippen molar-refractivity contribution < 1.29 is 9.47 Å². The number of methoxy groups -OCH3 is 1. The van der Waals surface area contributed by atoms with Gasteiger partial charge in [-0.15, -0.1) is 0 Å². The van der Waals surface area contributed by atoms with Crippen molar-refractivity contribution in [3.05, 3.63) is 34.3 Å². The maximum atomic E-state index is 5.30. The average molecular weight is 277 g/mol. The summed E-state index contributed by atoms with van der Waals surface area (Å²) in [4.78, 5) is 0. The Labute approximate surface area is 86.0 Å². The first kappa shape index (κ1) is 9.80. The molecule has 0 fully saturated rings. The van der Waals surface area contributed by atoms with Crippen LogP contribution < -0.4 is 4.74 Å². The van der Waals surface area contributed by atoms with Crippen LogP contribution in [0.15, 0.2) is 18.2 Å². The Kier molecular flexibility index (Phi) is 3.81. The standard InChI is InChI=1S/C9H10IO2/c1-7-3-4-8(10)9(5-7)12-6-11-2/h3-5H,1,6H2,2H3. The van der Waals surface area contributed by atoms with Gasteiger partial charge in [0.1, 0.15) is 5.75 Å². The van der Waals surface area contributed by atoms with E-state index in [-0.39, 0.29) is 6.79 Å². The van der Waals surface area contributed by atoms with Crippen molar-refractivity contribution in [3.63, 3.8) is 0 Å². The van der Waals surface area contributed by atoms with Crippen LogP contribution in [-0.4, -0.2) is 13.9 Å². The Hall–Kier alpha value is -0.290. The highest BCUT2D eigenvalue weighted by Gasteiger charge is 1.99. The second-order valence-corrected chi connectivity index (χ2v) is 3.48. The van der Waals surface area contributed by atoms with E-state index in [1.165, 1.54) is 0 Å². The van der Waals surface area contributed by atoms with E-state index in [4.69, 9.17) is 9.47 Å². The maximum absolute atomic E-state index is 5.30. The van der Waals surface area contributed by atoms with Crippen molar-refractivity contribution in [2.75, 3.05) is 13.9 Å². The Morgan fingerprint density at radius 1 is 1.50 bits per heavy atom. The molecule has 12 heavy (non-hydrogen) atoms. The van der Waals surface area contributed by atoms with Crippen LogP contribution in [0.2, 0.25) is 0 Å². The lowest BCUT2D eigenvalue weighted by Crippen LogP contribution is -2.00. The molecule has 0 amide bonds. The van der Waals surface area contributed by atoms with Gasteiger partial charge in [0.25, 0.3) is 0 Å². The first-order chi connectivity index (χ1) is 5.74. The molecule has 2 nitrogen and oxygen atoms in total. The van der Waals surface area contributed by atoms with Gasteiger partial charge in [-0.05, 0) is 47.2 Å². The number of hydrogen-bond donors (Lipinski definition) is 0. The van der Waals surface area contributed by atoms with Crippen LogP contribution in [0.25, 0.3) is 0 Å². The summed E-state index contributed by atoms with van der Waals surface area (Å²) in [6.07, 6.45) is 0. The lowest BCUT2D eigenvalue weighted by molar-refractivity contribution is 0.0505. The molecule has 0 saturated carbocycles. The van der Waals surface area contributed by atoms with Gasteiger partial charge in [0.05, 0.1) is 3.57 Å². The van der Waals surface area contributed by atoms with Gasteiger partial charge in [0, 0.05) is 7.11 Å². The molecule has 1 aromatic rings. The van der Waals surface area contributed by atoms with Crippen molar-refractivity contribution in [2.45, 2.75) is 0 Å². The van der Waals surface area contributed by atoms with Gasteiger partial charge in [0.15, 0.2) is 6.79 Å². The normalized spacial score (nSPS) is 9.92. The molecule has 0 aromatic heterocycles. The zero-order valence-electron chi connectivity index (χ0n) is 6.84. The number of hydrogen-bond acceptors (Lipinski definition) is 2. The third-order valence-corrected chi connectivity index (χ3v) is 2.22. The third kappa shape index (κ3) is 2.64. The monoisotopic (exact) mass is 277 g/mol. The lowest BCUT2D eigenvalue weighted by Gasteiger charge is -2.06. The highest BCUT2D eigenvalue weighted by molar-refractivity contribution is 14.1. The van der Waals surface area contributed by atoms with E-state index >= 15 is 0 Å². The molecule has 0 N–H and O–H groups in total. The van der Waals surface area contributed by atoms with E-state index in [1.54, 1.807) is 7.11 Å². The first-order valence-electron chi connectivity index (χ1n) is 3.47. The van der Waals surface area contributed by atoms with Gasteiger partial charge < -0.3 is 9.47 Å². The largest absolute Gasteiger partial charge is 0.466 e. The molecule has 1 aromatic carbocycles. The summed E-state index contributed by atoms with van der Waals surface area (Å²) < 4.78 is 11.2. The van der Waals surface area contributed by atoms with E-state index in [0.717, 1.165) is 14.9 Å². The van der Waals surface area contributed by atoms with Crippen LogP contribution in [0.4, 0.5) is 0 Å². The number of halogens is 1. The molecule has 3 heteroatoms. The SMILES string of the molecule is [CH2]c1ccc(I)c(OCOC)c1. The Balaban J connectivity index is 2.75. The molecule has 0 saturated heterocycles. The van der Waals surface area contributed by atoms with Crippen molar-refractivity contribution in [3.8, 4) is 5.75 Å². The number of rotatable bonds is 3. The summed E-state index contributed by atoms with van der Waals surface area (Å²) in [5.74, 6) is 0.824. The van der Waals surface area contributed by atoms with E-state index < -0.39 is 0 Å². The highest BCUT2D eigenvalue weighted by atomic mass is 127. The molecule has 0 aliphatic rings. The van der Waals surface area contributed by atoms with Gasteiger partial charge in [0.2, 0.25) is 0 Å². The molecule has 0 aliphatic carbocycles. The quantitative estimate of drug-likeness (QED) is 0.624. The van der Waals surface area contributed by atoms with E-state index in [0.29, 0.717) is 0 Å². The first-order valence-corrected chi connectivity index (χ1v) is 4.55. The molecule has 0 bridgehead atoms. The smallest absolute Gasteiger partial charge is 0.188 e. The van der Waals surface area contributed by atoms with E-state index in [2.05, 4.69) is 29.5 Å². The van der Waals surface area contributed by atoms with Gasteiger partial charge in [-0.25, -0.2) is 0 Å². The van der Waals surface area contributed by atoms with E-state index in [1.807, 2.05) is 18.2 Å². The van der Waals surface area contributed by atoms with Crippen LogP contribution >= 0.6 is 22.6 Å². The number of ether oxygens (including phenoxy) is 2. The minimum Gasteiger partial charge on any atom is -0.466 e. The van der Waals surface area contributed by atoms with Crippen LogP contribution in [-0.2, 0) is 4.74 Å². The van der Waals surface area contributed by atoms with Gasteiger partial charge in [-0.3, -0.25) is 0 Å². The van der Waals surface area contributed by atoms with Crippen molar-refractivity contribution in [1.82, 2.24) is 0 Å². The van der Waals surface area contributed by atoms with Crippen molar-refractivity contribution >= 4 is 22.6 Å². The van der Waals surface area contributed by atoms with Crippen molar-refractivity contribution in [2.24, 2.45) is 0 Å². The molecule has 1 radical (unpaired) electrons. The fourth-order valence-electron chi connectivity index (χ4n) is 0.781. The minimum atomic E-state index is 0.277. The second-order valence-electron chi connectivity index (χ2n) is 2.32. The summed E-state index contributed by atoms with van der Waals surface area (Å²) in [5.41, 5.74) is 0.946. The molecular weight excluding hydrogens is 267 g/mol. The van der Waals surface area contributed by atoms with Crippen LogP contribution in [0, 0.1) is 10.5 Å². The molecule has 0 atom stereocenters. The Morgan fingerprint density at radius 3 is 2.92 bits per heavy atom. The summed E-state index contributed by atoms with van der Waals surface area (Å²) >= 11 is 2.21. The zero-order valence-corrected chi connectivity index (χ0v) is 9.00. The summed E-state index contributed by atoms with van der Waals surface area (Å²) in [7, 11) is 1.60. The van der Waals surface area contributed by atoms with Crippen LogP contribution in [0.5, 0.6) is 5.75 Å². The van der Waals surface area contributed by atoms with Crippen LogP contribution in [0.3, 0.4) is 0 Å². The minimum absolute atomic E-state index is 0.277. The number of benzene rings is 1. The Morgan fingerprint density at radius 2 is 2.25 bits per heavy atom. The lowest BCUT2D eigenvalue weighted by atomic mass is 10.2. The predicted octanol–water partition coefficient (Wildman–Crippen LogP) is 2.46. The summed E-state index contributed by atoms with van der Waals surface area (Å²) in [6.45, 7) is 4.08. The molecule has 0 aliphatic heterocycles. The summed E-state index contributed by atoms with van der Waals surface area (Å²) in [5, 5.41) is 0. The zero-order chi connectivity index (χ0) is 8.97. The molecule has 1 rings (SSSR count). The molecule has 65 valence electrons.